The molecule has 0 aliphatic carbocycles. The summed E-state index contributed by atoms with van der Waals surface area (Å²) in [5.41, 5.74) is 3.83. The first-order valence-corrected chi connectivity index (χ1v) is 8.08. The van der Waals surface area contributed by atoms with Crippen LogP contribution in [0.1, 0.15) is 11.1 Å². The van der Waals surface area contributed by atoms with Crippen molar-refractivity contribution in [2.45, 2.75) is 6.92 Å². The monoisotopic (exact) mass is 389 g/mol. The number of hydrogen-bond donors (Lipinski definition) is 3. The van der Waals surface area contributed by atoms with Crippen molar-refractivity contribution in [1.82, 2.24) is 5.43 Å². The highest BCUT2D eigenvalue weighted by atomic mass is 35.5. The predicted octanol–water partition coefficient (Wildman–Crippen LogP) is 2.20. The number of carbonyl (C=O) groups is 3. The largest absolute Gasteiger partial charge is 0.481 e. The molecule has 0 radical (unpaired) electrons. The Balaban J connectivity index is 1.99. The van der Waals surface area contributed by atoms with Gasteiger partial charge < -0.3 is 15.2 Å². The Bertz CT molecular complexity index is 898. The lowest BCUT2D eigenvalue weighted by Crippen LogP contribution is -2.32. The highest BCUT2D eigenvalue weighted by Crippen LogP contribution is 2.21. The topological polar surface area (TPSA) is 117 Å². The van der Waals surface area contributed by atoms with E-state index in [2.05, 4.69) is 15.8 Å². The van der Waals surface area contributed by atoms with Gasteiger partial charge in [-0.3, -0.25) is 9.59 Å². The Morgan fingerprint density at radius 3 is 2.67 bits per heavy atom. The van der Waals surface area contributed by atoms with Gasteiger partial charge in [0.15, 0.2) is 6.61 Å². The Kier molecular flexibility index (Phi) is 6.90. The maximum Gasteiger partial charge on any atom is 0.341 e. The molecule has 0 fully saturated rings. The summed E-state index contributed by atoms with van der Waals surface area (Å²) in [5.74, 6) is -2.79. The van der Waals surface area contributed by atoms with Gasteiger partial charge in [-0.15, -0.1) is 0 Å². The maximum absolute atomic E-state index is 11.9. The van der Waals surface area contributed by atoms with Crippen LogP contribution in [0.25, 0.3) is 0 Å². The van der Waals surface area contributed by atoms with E-state index in [9.17, 15) is 14.4 Å². The molecule has 140 valence electrons. The van der Waals surface area contributed by atoms with Crippen LogP contribution in [0.4, 0.5) is 5.69 Å². The number of nitrogens with one attached hydrogen (secondary N) is 2. The number of carbonyl (C=O) groups excluding carboxylic acids is 2. The molecule has 0 atom stereocenters. The van der Waals surface area contributed by atoms with Crippen LogP contribution in [-0.2, 0) is 14.4 Å². The van der Waals surface area contributed by atoms with Crippen molar-refractivity contribution in [3.63, 3.8) is 0 Å². The SMILES string of the molecule is Cc1cccc(NC(=O)C(=O)N/N=C\c2cc(Cl)ccc2OCC(=O)O)c1. The highest BCUT2D eigenvalue weighted by molar-refractivity contribution is 6.39. The molecule has 0 saturated heterocycles. The second-order valence-electron chi connectivity index (χ2n) is 5.39. The van der Waals surface area contributed by atoms with Crippen LogP contribution in [-0.4, -0.2) is 35.7 Å². The van der Waals surface area contributed by atoms with Crippen molar-refractivity contribution in [2.75, 3.05) is 11.9 Å². The maximum atomic E-state index is 11.9. The lowest BCUT2D eigenvalue weighted by Gasteiger charge is -2.07. The predicted molar refractivity (Wildman–Crippen MR) is 100 cm³/mol. The van der Waals surface area contributed by atoms with Gasteiger partial charge >= 0.3 is 17.8 Å². The zero-order valence-corrected chi connectivity index (χ0v) is 15.0. The van der Waals surface area contributed by atoms with Gasteiger partial charge in [-0.25, -0.2) is 10.2 Å². The third-order valence-corrected chi connectivity index (χ3v) is 3.41. The summed E-state index contributed by atoms with van der Waals surface area (Å²) in [5, 5.41) is 15.2. The van der Waals surface area contributed by atoms with Crippen molar-refractivity contribution < 1.29 is 24.2 Å². The van der Waals surface area contributed by atoms with Gasteiger partial charge in [0.25, 0.3) is 0 Å². The third kappa shape index (κ3) is 6.44. The molecule has 0 aliphatic rings. The van der Waals surface area contributed by atoms with Gasteiger partial charge in [0, 0.05) is 16.3 Å². The van der Waals surface area contributed by atoms with E-state index in [4.69, 9.17) is 21.4 Å². The molecular weight excluding hydrogens is 374 g/mol. The number of hydrazone groups is 1. The number of carboxylic acid groups (broad SMARTS) is 1. The van der Waals surface area contributed by atoms with Crippen LogP contribution < -0.4 is 15.5 Å². The normalized spacial score (nSPS) is 10.4. The molecule has 2 aromatic carbocycles. The summed E-state index contributed by atoms with van der Waals surface area (Å²) in [6.45, 7) is 1.31. The fraction of sp³-hybridized carbons (Fsp3) is 0.111. The van der Waals surface area contributed by atoms with E-state index in [0.29, 0.717) is 16.3 Å². The minimum Gasteiger partial charge on any atom is -0.481 e. The van der Waals surface area contributed by atoms with Gasteiger partial charge in [0.05, 0.1) is 6.21 Å². The molecule has 27 heavy (non-hydrogen) atoms. The molecule has 3 N–H and O–H groups in total. The van der Waals surface area contributed by atoms with Crippen molar-refractivity contribution in [3.8, 4) is 5.75 Å². The number of nitrogens with zero attached hydrogens (tertiary/aromatic N) is 1. The van der Waals surface area contributed by atoms with Crippen molar-refractivity contribution in [3.05, 3.63) is 58.6 Å². The highest BCUT2D eigenvalue weighted by Gasteiger charge is 2.13. The molecule has 0 spiro atoms. The van der Waals surface area contributed by atoms with Gasteiger partial charge in [0.1, 0.15) is 5.75 Å². The quantitative estimate of drug-likeness (QED) is 0.398. The zero-order valence-electron chi connectivity index (χ0n) is 14.2. The molecular formula is C18H16ClN3O5. The first kappa shape index (κ1) is 19.9. The fourth-order valence-electron chi connectivity index (χ4n) is 2.01. The number of ether oxygens (including phenoxy) is 1. The number of carboxylic acids is 1. The Morgan fingerprint density at radius 2 is 1.96 bits per heavy atom. The minimum absolute atomic E-state index is 0.212. The molecule has 0 aromatic heterocycles. The molecule has 0 bridgehead atoms. The molecule has 0 heterocycles. The number of benzene rings is 2. The molecule has 2 aromatic rings. The van der Waals surface area contributed by atoms with E-state index in [1.807, 2.05) is 13.0 Å². The number of amides is 2. The Hall–Kier alpha value is -3.39. The average Bonchev–Trinajstić information content (AvgIpc) is 2.60. The average molecular weight is 390 g/mol. The van der Waals surface area contributed by atoms with Gasteiger partial charge in [-0.2, -0.15) is 5.10 Å². The molecule has 0 saturated carbocycles. The molecule has 8 nitrogen and oxygen atoms in total. The van der Waals surface area contributed by atoms with Gasteiger partial charge in [-0.05, 0) is 42.8 Å². The third-order valence-electron chi connectivity index (χ3n) is 3.17. The summed E-state index contributed by atoms with van der Waals surface area (Å²) in [7, 11) is 0. The molecule has 2 amide bonds. The minimum atomic E-state index is -1.14. The number of aryl methyl sites for hydroxylation is 1. The summed E-state index contributed by atoms with van der Waals surface area (Å²) in [6.07, 6.45) is 1.20. The van der Waals surface area contributed by atoms with Crippen molar-refractivity contribution in [1.29, 1.82) is 0 Å². The second-order valence-corrected chi connectivity index (χ2v) is 5.82. The lowest BCUT2D eigenvalue weighted by molar-refractivity contribution is -0.139. The van der Waals surface area contributed by atoms with Crippen molar-refractivity contribution in [2.24, 2.45) is 5.10 Å². The summed E-state index contributed by atoms with van der Waals surface area (Å²) in [6, 6.07) is 11.4. The summed E-state index contributed by atoms with van der Waals surface area (Å²) >= 11 is 5.89. The van der Waals surface area contributed by atoms with Crippen LogP contribution in [0.3, 0.4) is 0 Å². The number of aliphatic carboxylic acids is 1. The molecule has 0 aliphatic heterocycles. The smallest absolute Gasteiger partial charge is 0.341 e. The zero-order chi connectivity index (χ0) is 19.8. The van der Waals surface area contributed by atoms with Gasteiger partial charge in [0.2, 0.25) is 0 Å². The lowest BCUT2D eigenvalue weighted by atomic mass is 10.2. The van der Waals surface area contributed by atoms with E-state index in [1.54, 1.807) is 18.2 Å². The van der Waals surface area contributed by atoms with Crippen molar-refractivity contribution >= 4 is 41.3 Å². The van der Waals surface area contributed by atoms with E-state index < -0.39 is 24.4 Å². The molecule has 0 unspecified atom stereocenters. The van der Waals surface area contributed by atoms with Crippen LogP contribution in [0, 0.1) is 6.92 Å². The number of halogens is 1. The molecule has 2 rings (SSSR count). The Morgan fingerprint density at radius 1 is 1.19 bits per heavy atom. The number of hydrogen-bond acceptors (Lipinski definition) is 5. The number of anilines is 1. The van der Waals surface area contributed by atoms with E-state index in [1.165, 1.54) is 24.4 Å². The molecule has 9 heteroatoms. The summed E-state index contributed by atoms with van der Waals surface area (Å²) in [4.78, 5) is 34.3. The summed E-state index contributed by atoms with van der Waals surface area (Å²) < 4.78 is 5.11. The second kappa shape index (κ2) is 9.35. The van der Waals surface area contributed by atoms with Crippen LogP contribution in [0.2, 0.25) is 5.02 Å². The first-order chi connectivity index (χ1) is 12.8. The van der Waals surface area contributed by atoms with Gasteiger partial charge in [-0.1, -0.05) is 23.7 Å². The van der Waals surface area contributed by atoms with Crippen LogP contribution in [0.15, 0.2) is 47.6 Å². The number of rotatable bonds is 6. The fourth-order valence-corrected chi connectivity index (χ4v) is 2.19. The van der Waals surface area contributed by atoms with Crippen LogP contribution >= 0.6 is 11.6 Å². The first-order valence-electron chi connectivity index (χ1n) is 7.70. The standard InChI is InChI=1S/C18H16ClN3O5/c1-11-3-2-4-14(7-11)21-17(25)18(26)22-20-9-12-8-13(19)5-6-15(12)27-10-16(23)24/h2-9H,10H2,1H3,(H,21,25)(H,22,26)(H,23,24)/b20-9-. The van der Waals surface area contributed by atoms with E-state index in [-0.39, 0.29) is 5.75 Å². The van der Waals surface area contributed by atoms with E-state index >= 15 is 0 Å². The van der Waals surface area contributed by atoms with E-state index in [0.717, 1.165) is 5.56 Å². The Labute approximate surface area is 159 Å². The van der Waals surface area contributed by atoms with Crippen LogP contribution in [0.5, 0.6) is 5.75 Å².